The number of allylic oxidation sites excluding steroid dienone is 8. The Morgan fingerprint density at radius 2 is 1.26 bits per heavy atom. The summed E-state index contributed by atoms with van der Waals surface area (Å²) in [6.45, 7) is 4.42. The van der Waals surface area contributed by atoms with Crippen LogP contribution in [0.3, 0.4) is 0 Å². The van der Waals surface area contributed by atoms with Crippen molar-refractivity contribution in [1.29, 1.82) is 0 Å². The summed E-state index contributed by atoms with van der Waals surface area (Å²) < 4.78 is 17.0. The minimum Gasteiger partial charge on any atom is -0.544 e. The summed E-state index contributed by atoms with van der Waals surface area (Å²) in [5, 5.41) is 11.6. The number of carbonyl (C=O) groups excluding carboxylic acids is 3. The van der Waals surface area contributed by atoms with Crippen LogP contribution in [0.1, 0.15) is 129 Å². The summed E-state index contributed by atoms with van der Waals surface area (Å²) in [5.74, 6) is -1.80. The first-order valence-electron chi connectivity index (χ1n) is 18.2. The predicted molar refractivity (Wildman–Crippen MR) is 189 cm³/mol. The van der Waals surface area contributed by atoms with E-state index in [2.05, 4.69) is 62.5 Å². The summed E-state index contributed by atoms with van der Waals surface area (Å²) in [6.07, 6.45) is 32.8. The normalized spacial score (nSPS) is 13.6. The molecule has 0 N–H and O–H groups in total. The van der Waals surface area contributed by atoms with E-state index in [0.29, 0.717) is 12.8 Å². The van der Waals surface area contributed by atoms with Gasteiger partial charge in [0, 0.05) is 19.3 Å². The number of rotatable bonds is 31. The van der Waals surface area contributed by atoms with Gasteiger partial charge in [0.2, 0.25) is 0 Å². The third-order valence-corrected chi connectivity index (χ3v) is 7.73. The zero-order valence-corrected chi connectivity index (χ0v) is 30.4. The number of hydrogen-bond acceptors (Lipinski definition) is 7. The van der Waals surface area contributed by atoms with Gasteiger partial charge in [0.25, 0.3) is 0 Å². The van der Waals surface area contributed by atoms with E-state index < -0.39 is 18.1 Å². The molecule has 0 saturated heterocycles. The number of ether oxygens (including phenoxy) is 3. The molecule has 0 heterocycles. The molecule has 2 atom stereocenters. The molecule has 2 unspecified atom stereocenters. The lowest BCUT2D eigenvalue weighted by atomic mass is 10.1. The lowest BCUT2D eigenvalue weighted by Crippen LogP contribution is -2.55. The molecule has 0 radical (unpaired) electrons. The zero-order valence-electron chi connectivity index (χ0n) is 30.4. The van der Waals surface area contributed by atoms with Crippen LogP contribution in [0.25, 0.3) is 0 Å². The van der Waals surface area contributed by atoms with Crippen molar-refractivity contribution in [3.05, 3.63) is 48.6 Å². The maximum Gasteiger partial charge on any atom is 0.306 e. The van der Waals surface area contributed by atoms with Crippen molar-refractivity contribution >= 4 is 17.9 Å². The molecular formula is C39H67NO7. The van der Waals surface area contributed by atoms with Crippen molar-refractivity contribution in [3.63, 3.8) is 0 Å². The number of esters is 2. The summed E-state index contributed by atoms with van der Waals surface area (Å²) in [5.41, 5.74) is 0. The second-order valence-electron chi connectivity index (χ2n) is 13.1. The third-order valence-electron chi connectivity index (χ3n) is 7.73. The standard InChI is InChI=1S/C39H67NO7/c1-6-8-10-12-14-16-18-20-22-24-26-28-30-38(42)47-35(33-45-32-31-36(39(43)44)40(3,4)5)34-46-37(41)29-27-25-23-21-19-17-15-13-11-9-7-2/h8,10,13-17,19,35-36H,6-7,9,11-12,18,20-34H2,1-5H3/b10-8+,15-13+,16-14+,19-17+. The number of aliphatic carboxylic acids is 1. The molecule has 0 aromatic heterocycles. The molecule has 0 bridgehead atoms. The highest BCUT2D eigenvalue weighted by Gasteiger charge is 2.25. The maximum atomic E-state index is 12.6. The molecule has 0 aliphatic heterocycles. The fourth-order valence-corrected chi connectivity index (χ4v) is 4.85. The van der Waals surface area contributed by atoms with E-state index in [9.17, 15) is 19.5 Å². The molecule has 270 valence electrons. The number of unbranched alkanes of at least 4 members (excludes halogenated alkanes) is 10. The molecular weight excluding hydrogens is 594 g/mol. The molecule has 47 heavy (non-hydrogen) atoms. The van der Waals surface area contributed by atoms with Crippen LogP contribution in [0.4, 0.5) is 0 Å². The molecule has 0 aromatic rings. The molecule has 0 fully saturated rings. The highest BCUT2D eigenvalue weighted by molar-refractivity contribution is 5.70. The Kier molecular flexibility index (Phi) is 28.8. The number of carbonyl (C=O) groups is 3. The van der Waals surface area contributed by atoms with Crippen LogP contribution in [0.2, 0.25) is 0 Å². The lowest BCUT2D eigenvalue weighted by molar-refractivity contribution is -0.889. The van der Waals surface area contributed by atoms with Gasteiger partial charge in [0.15, 0.2) is 6.10 Å². The molecule has 0 amide bonds. The topological polar surface area (TPSA) is 102 Å². The van der Waals surface area contributed by atoms with Crippen molar-refractivity contribution in [1.82, 2.24) is 0 Å². The van der Waals surface area contributed by atoms with Crippen LogP contribution in [-0.4, -0.2) is 75.5 Å². The highest BCUT2D eigenvalue weighted by atomic mass is 16.6. The average molecular weight is 662 g/mol. The minimum absolute atomic E-state index is 0.0247. The Bertz CT molecular complexity index is 917. The first-order valence-corrected chi connectivity index (χ1v) is 18.2. The van der Waals surface area contributed by atoms with Crippen LogP contribution in [0.15, 0.2) is 48.6 Å². The van der Waals surface area contributed by atoms with Crippen molar-refractivity contribution in [2.75, 3.05) is 41.0 Å². The maximum absolute atomic E-state index is 12.6. The van der Waals surface area contributed by atoms with Gasteiger partial charge in [-0.25, -0.2) is 0 Å². The van der Waals surface area contributed by atoms with Gasteiger partial charge in [-0.1, -0.05) is 101 Å². The fraction of sp³-hybridized carbons (Fsp3) is 0.718. The van der Waals surface area contributed by atoms with E-state index >= 15 is 0 Å². The van der Waals surface area contributed by atoms with E-state index in [1.165, 1.54) is 12.8 Å². The molecule has 0 rings (SSSR count). The summed E-state index contributed by atoms with van der Waals surface area (Å²) in [4.78, 5) is 36.5. The van der Waals surface area contributed by atoms with Gasteiger partial charge in [-0.3, -0.25) is 9.59 Å². The monoisotopic (exact) mass is 661 g/mol. The van der Waals surface area contributed by atoms with Gasteiger partial charge in [0.1, 0.15) is 12.6 Å². The number of nitrogens with zero attached hydrogens (tertiary/aromatic N) is 1. The quantitative estimate of drug-likeness (QED) is 0.0248. The van der Waals surface area contributed by atoms with E-state index in [1.54, 1.807) is 21.1 Å². The van der Waals surface area contributed by atoms with Crippen molar-refractivity contribution in [2.24, 2.45) is 0 Å². The molecule has 0 spiro atoms. The van der Waals surface area contributed by atoms with Crippen LogP contribution in [0, 0.1) is 0 Å². The second-order valence-corrected chi connectivity index (χ2v) is 13.1. The second kappa shape index (κ2) is 30.6. The Hall–Kier alpha value is -2.71. The summed E-state index contributed by atoms with van der Waals surface area (Å²) >= 11 is 0. The van der Waals surface area contributed by atoms with E-state index in [0.717, 1.165) is 83.5 Å². The van der Waals surface area contributed by atoms with Crippen LogP contribution >= 0.6 is 0 Å². The van der Waals surface area contributed by atoms with Crippen LogP contribution < -0.4 is 5.11 Å². The Morgan fingerprint density at radius 3 is 1.89 bits per heavy atom. The van der Waals surface area contributed by atoms with Gasteiger partial charge < -0.3 is 28.6 Å². The first-order chi connectivity index (χ1) is 22.6. The highest BCUT2D eigenvalue weighted by Crippen LogP contribution is 2.12. The number of carboxylic acids is 1. The van der Waals surface area contributed by atoms with Gasteiger partial charge in [0.05, 0.1) is 40.3 Å². The Morgan fingerprint density at radius 1 is 0.681 bits per heavy atom. The van der Waals surface area contributed by atoms with E-state index in [1.807, 2.05) is 0 Å². The first kappa shape index (κ1) is 44.3. The number of carboxylic acid groups (broad SMARTS) is 1. The van der Waals surface area contributed by atoms with Gasteiger partial charge in [-0.05, 0) is 57.8 Å². The number of hydrogen-bond donors (Lipinski definition) is 0. The van der Waals surface area contributed by atoms with Crippen molar-refractivity contribution in [3.8, 4) is 0 Å². The fourth-order valence-electron chi connectivity index (χ4n) is 4.85. The lowest BCUT2D eigenvalue weighted by Gasteiger charge is -2.34. The molecule has 0 aliphatic rings. The largest absolute Gasteiger partial charge is 0.544 e. The van der Waals surface area contributed by atoms with Crippen LogP contribution in [-0.2, 0) is 28.6 Å². The van der Waals surface area contributed by atoms with E-state index in [4.69, 9.17) is 14.2 Å². The number of quaternary nitrogens is 1. The summed E-state index contributed by atoms with van der Waals surface area (Å²) in [6, 6.07) is -0.731. The minimum atomic E-state index is -1.13. The average Bonchev–Trinajstić information content (AvgIpc) is 3.01. The molecule has 0 aliphatic carbocycles. The molecule has 0 aromatic carbocycles. The van der Waals surface area contributed by atoms with Gasteiger partial charge >= 0.3 is 11.9 Å². The number of likely N-dealkylation sites (N-methyl/N-ethyl adjacent to an activating group) is 1. The van der Waals surface area contributed by atoms with Crippen molar-refractivity contribution < 1.29 is 38.2 Å². The third kappa shape index (κ3) is 29.2. The molecule has 8 heteroatoms. The zero-order chi connectivity index (χ0) is 35.0. The smallest absolute Gasteiger partial charge is 0.306 e. The predicted octanol–water partition coefficient (Wildman–Crippen LogP) is 7.57. The Labute approximate surface area is 286 Å². The van der Waals surface area contributed by atoms with Gasteiger partial charge in [-0.2, -0.15) is 0 Å². The van der Waals surface area contributed by atoms with Gasteiger partial charge in [-0.15, -0.1) is 0 Å². The summed E-state index contributed by atoms with van der Waals surface area (Å²) in [7, 11) is 5.37. The van der Waals surface area contributed by atoms with Crippen molar-refractivity contribution in [2.45, 2.75) is 142 Å². The Balaban J connectivity index is 4.53. The molecule has 8 nitrogen and oxygen atoms in total. The SMILES string of the molecule is CC/C=C/C/C=C/CCCCCCCC(=O)OC(COCCC(C(=O)[O-])[N+](C)(C)C)COC(=O)CCCCC/C=C/C=C/CCCC. The van der Waals surface area contributed by atoms with Crippen LogP contribution in [0.5, 0.6) is 0 Å². The van der Waals surface area contributed by atoms with E-state index in [-0.39, 0.29) is 42.7 Å². The molecule has 0 saturated carbocycles.